The minimum atomic E-state index is -0.293. The van der Waals surface area contributed by atoms with Gasteiger partial charge in [0.1, 0.15) is 5.75 Å². The van der Waals surface area contributed by atoms with Gasteiger partial charge in [0.25, 0.3) is 0 Å². The molecule has 1 aromatic carbocycles. The molecule has 3 heterocycles. The maximum absolute atomic E-state index is 12.5. The molecule has 4 aliphatic rings. The second-order valence-corrected chi connectivity index (χ2v) is 7.36. The topological polar surface area (TPSA) is 49.8 Å². The lowest BCUT2D eigenvalue weighted by molar-refractivity contribution is -0.143. The highest BCUT2D eigenvalue weighted by Crippen LogP contribution is 2.41. The Morgan fingerprint density at radius 2 is 1.96 bits per heavy atom. The van der Waals surface area contributed by atoms with Gasteiger partial charge in [-0.3, -0.25) is 0 Å². The van der Waals surface area contributed by atoms with Crippen LogP contribution in [-0.4, -0.2) is 42.2 Å². The SMILES string of the molecule is O=C(OCC12CCN(CC1)CC2)C1=CCc2cc(O)cc(Cl)c21. The van der Waals surface area contributed by atoms with Crippen LogP contribution < -0.4 is 0 Å². The van der Waals surface area contributed by atoms with Crippen molar-refractivity contribution in [3.63, 3.8) is 0 Å². The zero-order chi connectivity index (χ0) is 16.0. The van der Waals surface area contributed by atoms with Crippen LogP contribution in [0.3, 0.4) is 0 Å². The van der Waals surface area contributed by atoms with Crippen LogP contribution in [0.2, 0.25) is 5.02 Å². The fraction of sp³-hybridized carbons (Fsp3) is 0.500. The molecule has 1 aliphatic carbocycles. The molecule has 3 fully saturated rings. The molecule has 1 N–H and O–H groups in total. The molecule has 1 aromatic rings. The van der Waals surface area contributed by atoms with Gasteiger partial charge in [-0.05, 0) is 63.0 Å². The Balaban J connectivity index is 1.47. The van der Waals surface area contributed by atoms with Crippen LogP contribution in [0.25, 0.3) is 5.57 Å². The highest BCUT2D eigenvalue weighted by molar-refractivity contribution is 6.35. The molecule has 5 rings (SSSR count). The van der Waals surface area contributed by atoms with Gasteiger partial charge < -0.3 is 14.7 Å². The highest BCUT2D eigenvalue weighted by atomic mass is 35.5. The van der Waals surface area contributed by atoms with Crippen LogP contribution in [0.1, 0.15) is 30.4 Å². The molecule has 3 saturated heterocycles. The summed E-state index contributed by atoms with van der Waals surface area (Å²) in [7, 11) is 0. The summed E-state index contributed by atoms with van der Waals surface area (Å²) in [5, 5.41) is 10.0. The van der Waals surface area contributed by atoms with Gasteiger partial charge >= 0.3 is 5.97 Å². The second-order valence-electron chi connectivity index (χ2n) is 6.95. The van der Waals surface area contributed by atoms with Crippen molar-refractivity contribution < 1.29 is 14.6 Å². The van der Waals surface area contributed by atoms with Crippen molar-refractivity contribution in [2.75, 3.05) is 26.2 Å². The van der Waals surface area contributed by atoms with Crippen molar-refractivity contribution in [2.24, 2.45) is 5.41 Å². The Kier molecular flexibility index (Phi) is 3.62. The van der Waals surface area contributed by atoms with Crippen molar-refractivity contribution >= 4 is 23.1 Å². The van der Waals surface area contributed by atoms with Gasteiger partial charge in [0.05, 0.1) is 17.2 Å². The number of ether oxygens (including phenoxy) is 1. The van der Waals surface area contributed by atoms with Gasteiger partial charge in [0, 0.05) is 11.0 Å². The molecule has 122 valence electrons. The Bertz CT molecular complexity index is 676. The molecule has 0 amide bonds. The number of aromatic hydroxyl groups is 1. The van der Waals surface area contributed by atoms with Gasteiger partial charge in [-0.1, -0.05) is 17.7 Å². The normalized spacial score (nSPS) is 28.4. The van der Waals surface area contributed by atoms with E-state index in [9.17, 15) is 9.90 Å². The number of benzene rings is 1. The monoisotopic (exact) mass is 333 g/mol. The van der Waals surface area contributed by atoms with Crippen LogP contribution in [0.15, 0.2) is 18.2 Å². The zero-order valence-electron chi connectivity index (χ0n) is 13.0. The van der Waals surface area contributed by atoms with Gasteiger partial charge in [0.15, 0.2) is 0 Å². The first-order chi connectivity index (χ1) is 11.1. The molecule has 23 heavy (non-hydrogen) atoms. The van der Waals surface area contributed by atoms with Gasteiger partial charge in [-0.25, -0.2) is 4.79 Å². The van der Waals surface area contributed by atoms with E-state index in [4.69, 9.17) is 16.3 Å². The van der Waals surface area contributed by atoms with Crippen LogP contribution in [0.5, 0.6) is 5.75 Å². The number of carbonyl (C=O) groups is 1. The van der Waals surface area contributed by atoms with E-state index >= 15 is 0 Å². The maximum atomic E-state index is 12.5. The summed E-state index contributed by atoms with van der Waals surface area (Å²) in [4.78, 5) is 15.0. The molecular weight excluding hydrogens is 314 g/mol. The van der Waals surface area contributed by atoms with Crippen molar-refractivity contribution in [1.29, 1.82) is 0 Å². The third-order valence-electron chi connectivity index (χ3n) is 5.56. The zero-order valence-corrected chi connectivity index (χ0v) is 13.7. The van der Waals surface area contributed by atoms with Gasteiger partial charge in [-0.15, -0.1) is 0 Å². The summed E-state index contributed by atoms with van der Waals surface area (Å²) in [6.45, 7) is 3.86. The Morgan fingerprint density at radius 1 is 1.26 bits per heavy atom. The smallest absolute Gasteiger partial charge is 0.338 e. The molecule has 0 aromatic heterocycles. The summed E-state index contributed by atoms with van der Waals surface area (Å²) >= 11 is 6.21. The van der Waals surface area contributed by atoms with E-state index in [0.29, 0.717) is 29.2 Å². The molecule has 3 aliphatic heterocycles. The fourth-order valence-electron chi connectivity index (χ4n) is 4.02. The van der Waals surface area contributed by atoms with E-state index < -0.39 is 0 Å². The first kappa shape index (κ1) is 15.0. The predicted octanol–water partition coefficient (Wildman–Crippen LogP) is 3.01. The number of hydrogen-bond donors (Lipinski definition) is 1. The van der Waals surface area contributed by atoms with Crippen LogP contribution in [0, 0.1) is 5.41 Å². The molecule has 5 heteroatoms. The molecule has 0 atom stereocenters. The summed E-state index contributed by atoms with van der Waals surface area (Å²) < 4.78 is 5.68. The summed E-state index contributed by atoms with van der Waals surface area (Å²) in [5.74, 6) is -0.164. The largest absolute Gasteiger partial charge is 0.508 e. The molecule has 0 unspecified atom stereocenters. The number of halogens is 1. The number of piperidine rings is 3. The second kappa shape index (κ2) is 5.53. The van der Waals surface area contributed by atoms with Crippen molar-refractivity contribution in [3.05, 3.63) is 34.4 Å². The summed E-state index contributed by atoms with van der Waals surface area (Å²) in [6.07, 6.45) is 5.80. The quantitative estimate of drug-likeness (QED) is 0.864. The van der Waals surface area contributed by atoms with Crippen molar-refractivity contribution in [2.45, 2.75) is 25.7 Å². The minimum absolute atomic E-state index is 0.129. The van der Waals surface area contributed by atoms with Crippen LogP contribution in [-0.2, 0) is 16.0 Å². The molecule has 2 bridgehead atoms. The van der Waals surface area contributed by atoms with E-state index in [1.165, 1.54) is 6.07 Å². The molecule has 0 radical (unpaired) electrons. The van der Waals surface area contributed by atoms with Gasteiger partial charge in [0.2, 0.25) is 0 Å². The van der Waals surface area contributed by atoms with E-state index in [-0.39, 0.29) is 17.1 Å². The van der Waals surface area contributed by atoms with Crippen LogP contribution >= 0.6 is 11.6 Å². The summed E-state index contributed by atoms with van der Waals surface area (Å²) in [5.41, 5.74) is 2.30. The lowest BCUT2D eigenvalue weighted by Crippen LogP contribution is -2.50. The van der Waals surface area contributed by atoms with Crippen molar-refractivity contribution in [1.82, 2.24) is 4.90 Å². The number of phenols is 1. The third-order valence-corrected chi connectivity index (χ3v) is 5.85. The van der Waals surface area contributed by atoms with E-state index in [0.717, 1.165) is 44.5 Å². The first-order valence-electron chi connectivity index (χ1n) is 8.18. The van der Waals surface area contributed by atoms with Crippen LogP contribution in [0.4, 0.5) is 0 Å². The molecule has 0 spiro atoms. The van der Waals surface area contributed by atoms with E-state index in [1.807, 2.05) is 6.08 Å². The number of nitrogens with zero attached hydrogens (tertiary/aromatic N) is 1. The minimum Gasteiger partial charge on any atom is -0.508 e. The number of allylic oxidation sites excluding steroid dienone is 1. The van der Waals surface area contributed by atoms with Crippen molar-refractivity contribution in [3.8, 4) is 5.75 Å². The number of carbonyl (C=O) groups excluding carboxylic acids is 1. The maximum Gasteiger partial charge on any atom is 0.338 e. The standard InChI is InChI=1S/C18H20ClNO3/c19-15-10-13(21)9-12-1-2-14(16(12)15)17(22)23-11-18-3-6-20(7-4-18)8-5-18/h2,9-10,21H,1,3-8,11H2. The number of hydrogen-bond acceptors (Lipinski definition) is 4. The Morgan fingerprint density at radius 3 is 2.65 bits per heavy atom. The Labute approximate surface area is 140 Å². The average Bonchev–Trinajstić information content (AvgIpc) is 2.98. The van der Waals surface area contributed by atoms with Gasteiger partial charge in [-0.2, -0.15) is 0 Å². The average molecular weight is 334 g/mol. The number of rotatable bonds is 3. The Hall–Kier alpha value is -1.52. The lowest BCUT2D eigenvalue weighted by atomic mass is 9.73. The van der Waals surface area contributed by atoms with E-state index in [1.54, 1.807) is 6.07 Å². The number of fused-ring (bicyclic) bond motifs is 4. The predicted molar refractivity (Wildman–Crippen MR) is 88.5 cm³/mol. The lowest BCUT2D eigenvalue weighted by Gasteiger charge is -2.47. The third kappa shape index (κ3) is 2.64. The summed E-state index contributed by atoms with van der Waals surface area (Å²) in [6, 6.07) is 3.13. The van der Waals surface area contributed by atoms with E-state index in [2.05, 4.69) is 4.90 Å². The first-order valence-corrected chi connectivity index (χ1v) is 8.56. The molecule has 0 saturated carbocycles. The number of esters is 1. The molecular formula is C18H20ClNO3. The number of phenolic OH excluding ortho intramolecular Hbond substituents is 1. The molecule has 4 nitrogen and oxygen atoms in total. The highest BCUT2D eigenvalue weighted by Gasteiger charge is 2.40. The fourth-order valence-corrected chi connectivity index (χ4v) is 4.35.